The van der Waals surface area contributed by atoms with Crippen LogP contribution in [0.3, 0.4) is 0 Å². The molecule has 4 nitrogen and oxygen atoms in total. The van der Waals surface area contributed by atoms with Crippen molar-refractivity contribution in [1.29, 1.82) is 0 Å². The third kappa shape index (κ3) is 3.19. The molecule has 1 aliphatic carbocycles. The van der Waals surface area contributed by atoms with Gasteiger partial charge < -0.3 is 16.2 Å². The first-order chi connectivity index (χ1) is 9.47. The van der Waals surface area contributed by atoms with E-state index in [1.165, 1.54) is 12.1 Å². The monoisotopic (exact) mass is 316 g/mol. The molecule has 0 spiro atoms. The van der Waals surface area contributed by atoms with E-state index in [-0.39, 0.29) is 33.7 Å². The minimum Gasteiger partial charge on any atom is -0.397 e. The molecule has 1 aromatic carbocycles. The van der Waals surface area contributed by atoms with E-state index >= 15 is 0 Å². The lowest BCUT2D eigenvalue weighted by atomic mass is 9.87. The fourth-order valence-corrected chi connectivity index (χ4v) is 2.96. The second-order valence-corrected chi connectivity index (χ2v) is 6.19. The van der Waals surface area contributed by atoms with Gasteiger partial charge in [0.05, 0.1) is 22.3 Å². The third-order valence-electron chi connectivity index (χ3n) is 3.94. The molecule has 4 N–H and O–H groups in total. The minimum absolute atomic E-state index is 0.0940. The number of carbonyl (C=O) groups is 1. The van der Waals surface area contributed by atoms with Gasteiger partial charge in [0.25, 0.3) is 5.91 Å². The van der Waals surface area contributed by atoms with E-state index in [0.717, 1.165) is 25.7 Å². The summed E-state index contributed by atoms with van der Waals surface area (Å²) in [5.41, 5.74) is 6.17. The van der Waals surface area contributed by atoms with Crippen molar-refractivity contribution in [2.24, 2.45) is 5.41 Å². The van der Waals surface area contributed by atoms with Gasteiger partial charge in [-0.1, -0.05) is 36.0 Å². The first kappa shape index (κ1) is 15.4. The molecule has 0 aromatic heterocycles. The number of nitrogens with two attached hydrogens (primary N) is 1. The van der Waals surface area contributed by atoms with E-state index in [9.17, 15) is 9.90 Å². The topological polar surface area (TPSA) is 75.4 Å². The molecule has 6 heteroatoms. The Hall–Kier alpha value is -0.970. The molecule has 0 bridgehead atoms. The maximum Gasteiger partial charge on any atom is 0.251 e. The zero-order valence-corrected chi connectivity index (χ0v) is 12.6. The average Bonchev–Trinajstić information content (AvgIpc) is 2.91. The Kier molecular flexibility index (Phi) is 4.78. The van der Waals surface area contributed by atoms with E-state index in [1.54, 1.807) is 0 Å². The van der Waals surface area contributed by atoms with Crippen LogP contribution in [0.2, 0.25) is 10.0 Å². The molecule has 1 fully saturated rings. The molecule has 1 aromatic rings. The van der Waals surface area contributed by atoms with E-state index in [0.29, 0.717) is 12.1 Å². The second kappa shape index (κ2) is 6.20. The van der Waals surface area contributed by atoms with E-state index in [1.807, 2.05) is 0 Å². The Morgan fingerprint density at radius 2 is 2.00 bits per heavy atom. The van der Waals surface area contributed by atoms with Crippen LogP contribution in [-0.4, -0.2) is 24.2 Å². The number of aliphatic hydroxyl groups is 1. The number of hydrogen-bond acceptors (Lipinski definition) is 3. The number of carbonyl (C=O) groups excluding carboxylic acids is 1. The molecule has 0 radical (unpaired) electrons. The molecule has 1 saturated carbocycles. The molecule has 0 saturated heterocycles. The van der Waals surface area contributed by atoms with Crippen LogP contribution in [0.5, 0.6) is 0 Å². The number of halogens is 2. The zero-order chi connectivity index (χ0) is 14.8. The van der Waals surface area contributed by atoms with Gasteiger partial charge in [-0.25, -0.2) is 0 Å². The van der Waals surface area contributed by atoms with Crippen LogP contribution in [0, 0.1) is 5.41 Å². The molecule has 0 unspecified atom stereocenters. The van der Waals surface area contributed by atoms with Crippen LogP contribution in [-0.2, 0) is 0 Å². The van der Waals surface area contributed by atoms with Crippen molar-refractivity contribution in [2.75, 3.05) is 18.9 Å². The lowest BCUT2D eigenvalue weighted by Crippen LogP contribution is -2.38. The summed E-state index contributed by atoms with van der Waals surface area (Å²) in [7, 11) is 0. The highest BCUT2D eigenvalue weighted by Crippen LogP contribution is 2.37. The Balaban J connectivity index is 2.05. The van der Waals surface area contributed by atoms with Crippen LogP contribution in [0.4, 0.5) is 5.69 Å². The summed E-state index contributed by atoms with van der Waals surface area (Å²) < 4.78 is 0. The summed E-state index contributed by atoms with van der Waals surface area (Å²) >= 11 is 11.8. The molecule has 1 amide bonds. The van der Waals surface area contributed by atoms with Gasteiger partial charge in [0.1, 0.15) is 0 Å². The number of benzene rings is 1. The second-order valence-electron chi connectivity index (χ2n) is 5.41. The lowest BCUT2D eigenvalue weighted by molar-refractivity contribution is 0.0880. The highest BCUT2D eigenvalue weighted by molar-refractivity contribution is 6.43. The predicted octanol–water partition coefficient (Wildman–Crippen LogP) is 2.86. The van der Waals surface area contributed by atoms with Crippen LogP contribution >= 0.6 is 23.2 Å². The average molecular weight is 317 g/mol. The van der Waals surface area contributed by atoms with Gasteiger partial charge in [0.2, 0.25) is 0 Å². The van der Waals surface area contributed by atoms with Crippen LogP contribution < -0.4 is 11.1 Å². The van der Waals surface area contributed by atoms with E-state index < -0.39 is 0 Å². The number of aliphatic hydroxyl groups excluding tert-OH is 1. The van der Waals surface area contributed by atoms with E-state index in [2.05, 4.69) is 5.32 Å². The fraction of sp³-hybridized carbons (Fsp3) is 0.500. The molecule has 110 valence electrons. The zero-order valence-electron chi connectivity index (χ0n) is 11.1. The highest BCUT2D eigenvalue weighted by atomic mass is 35.5. The largest absolute Gasteiger partial charge is 0.397 e. The standard InChI is InChI=1S/C14H18Cl2N2O2/c15-10-5-9(6-11(17)12(10)16)13(20)18-7-14(8-19)3-1-2-4-14/h5-6,19H,1-4,7-8,17H2,(H,18,20). The van der Waals surface area contributed by atoms with Gasteiger partial charge in [0, 0.05) is 17.5 Å². The SMILES string of the molecule is Nc1cc(C(=O)NCC2(CO)CCCC2)cc(Cl)c1Cl. The molecule has 0 aliphatic heterocycles. The molecular weight excluding hydrogens is 299 g/mol. The van der Waals surface area contributed by atoms with Crippen LogP contribution in [0.15, 0.2) is 12.1 Å². The van der Waals surface area contributed by atoms with Crippen molar-refractivity contribution >= 4 is 34.8 Å². The molecule has 2 rings (SSSR count). The van der Waals surface area contributed by atoms with Crippen molar-refractivity contribution in [3.8, 4) is 0 Å². The summed E-state index contributed by atoms with van der Waals surface area (Å²) in [6.45, 7) is 0.555. The van der Waals surface area contributed by atoms with Gasteiger partial charge in [0.15, 0.2) is 0 Å². The molecule has 0 atom stereocenters. The number of hydrogen-bond donors (Lipinski definition) is 3. The number of rotatable bonds is 4. The maximum atomic E-state index is 12.1. The summed E-state index contributed by atoms with van der Waals surface area (Å²) in [5.74, 6) is -0.255. The van der Waals surface area contributed by atoms with Crippen LogP contribution in [0.25, 0.3) is 0 Å². The first-order valence-electron chi connectivity index (χ1n) is 6.61. The van der Waals surface area contributed by atoms with Gasteiger partial charge in [-0.2, -0.15) is 0 Å². The summed E-state index contributed by atoms with van der Waals surface area (Å²) in [6.07, 6.45) is 4.06. The highest BCUT2D eigenvalue weighted by Gasteiger charge is 2.33. The number of nitrogens with one attached hydrogen (secondary N) is 1. The van der Waals surface area contributed by atoms with Gasteiger partial charge in [-0.3, -0.25) is 4.79 Å². The Labute approximate surface area is 128 Å². The van der Waals surface area contributed by atoms with Gasteiger partial charge in [-0.05, 0) is 25.0 Å². The Bertz CT molecular complexity index is 491. The van der Waals surface area contributed by atoms with Crippen LogP contribution in [0.1, 0.15) is 36.0 Å². The first-order valence-corrected chi connectivity index (χ1v) is 7.37. The van der Waals surface area contributed by atoms with Crippen molar-refractivity contribution in [3.05, 3.63) is 27.7 Å². The van der Waals surface area contributed by atoms with Crippen molar-refractivity contribution in [1.82, 2.24) is 5.32 Å². The molecular formula is C14H18Cl2N2O2. The maximum absolute atomic E-state index is 12.1. The quantitative estimate of drug-likeness (QED) is 0.748. The fourth-order valence-electron chi connectivity index (χ4n) is 2.63. The van der Waals surface area contributed by atoms with Gasteiger partial charge >= 0.3 is 0 Å². The third-order valence-corrected chi connectivity index (χ3v) is 4.76. The lowest BCUT2D eigenvalue weighted by Gasteiger charge is -2.26. The van der Waals surface area contributed by atoms with Crippen molar-refractivity contribution < 1.29 is 9.90 Å². The summed E-state index contributed by atoms with van der Waals surface area (Å²) in [4.78, 5) is 12.1. The number of amides is 1. The normalized spacial score (nSPS) is 17.1. The van der Waals surface area contributed by atoms with Crippen molar-refractivity contribution in [2.45, 2.75) is 25.7 Å². The minimum atomic E-state index is -0.255. The smallest absolute Gasteiger partial charge is 0.251 e. The molecule has 0 heterocycles. The number of nitrogen functional groups attached to an aromatic ring is 1. The summed E-state index contributed by atoms with van der Waals surface area (Å²) in [6, 6.07) is 3.00. The Morgan fingerprint density at radius 1 is 1.35 bits per heavy atom. The molecule has 1 aliphatic rings. The number of anilines is 1. The van der Waals surface area contributed by atoms with E-state index in [4.69, 9.17) is 28.9 Å². The van der Waals surface area contributed by atoms with Gasteiger partial charge in [-0.15, -0.1) is 0 Å². The summed E-state index contributed by atoms with van der Waals surface area (Å²) in [5, 5.41) is 12.9. The molecule has 20 heavy (non-hydrogen) atoms. The predicted molar refractivity (Wildman–Crippen MR) is 81.2 cm³/mol. The van der Waals surface area contributed by atoms with Crippen molar-refractivity contribution in [3.63, 3.8) is 0 Å². The Morgan fingerprint density at radius 3 is 2.55 bits per heavy atom.